The summed E-state index contributed by atoms with van der Waals surface area (Å²) >= 11 is 0. The first-order valence-corrected chi connectivity index (χ1v) is 7.16. The average molecular weight is 348 g/mol. The number of esters is 1. The molecule has 0 saturated carbocycles. The first-order valence-electron chi connectivity index (χ1n) is 7.16. The summed E-state index contributed by atoms with van der Waals surface area (Å²) in [6.07, 6.45) is -4.65. The molecule has 1 aromatic heterocycles. The maximum Gasteiger partial charge on any atom is 0.417 e. The number of alkyl halides is 3. The van der Waals surface area contributed by atoms with Crippen molar-refractivity contribution in [3.8, 4) is 11.4 Å². The number of hydrogen-bond acceptors (Lipinski definition) is 5. The standard InChI is InChI=1S/C17H11F3N2O3/c18-17(19,20)13-9-5-4-8-12(13)16(23)24-10-14-21-15(22-25-14)11-6-2-1-3-7-11/h1-9H,10H2. The number of nitrogens with zero attached hydrogens (tertiary/aromatic N) is 2. The van der Waals surface area contributed by atoms with Crippen LogP contribution in [-0.2, 0) is 17.5 Å². The maximum atomic E-state index is 12.9. The number of hydrogen-bond donors (Lipinski definition) is 0. The third-order valence-electron chi connectivity index (χ3n) is 3.28. The van der Waals surface area contributed by atoms with Crippen molar-refractivity contribution in [3.63, 3.8) is 0 Å². The third kappa shape index (κ3) is 3.85. The van der Waals surface area contributed by atoms with Gasteiger partial charge in [-0.2, -0.15) is 18.2 Å². The molecule has 0 bridgehead atoms. The van der Waals surface area contributed by atoms with Crippen LogP contribution in [0.2, 0.25) is 0 Å². The highest BCUT2D eigenvalue weighted by Gasteiger charge is 2.35. The van der Waals surface area contributed by atoms with E-state index in [4.69, 9.17) is 9.26 Å². The Hall–Kier alpha value is -3.16. The first-order chi connectivity index (χ1) is 11.9. The van der Waals surface area contributed by atoms with Crippen LogP contribution in [-0.4, -0.2) is 16.1 Å². The van der Waals surface area contributed by atoms with Gasteiger partial charge in [-0.1, -0.05) is 47.6 Å². The number of rotatable bonds is 4. The molecule has 25 heavy (non-hydrogen) atoms. The highest BCUT2D eigenvalue weighted by molar-refractivity contribution is 5.91. The van der Waals surface area contributed by atoms with Crippen LogP contribution in [0.3, 0.4) is 0 Å². The zero-order valence-corrected chi connectivity index (χ0v) is 12.7. The molecule has 0 unspecified atom stereocenters. The molecule has 1 heterocycles. The number of carbonyl (C=O) groups excluding carboxylic acids is 1. The Labute approximate surface area is 140 Å². The van der Waals surface area contributed by atoms with Gasteiger partial charge in [-0.25, -0.2) is 4.79 Å². The van der Waals surface area contributed by atoms with Crippen LogP contribution in [0.5, 0.6) is 0 Å². The minimum absolute atomic E-state index is 0.0170. The lowest BCUT2D eigenvalue weighted by Crippen LogP contribution is -2.15. The van der Waals surface area contributed by atoms with Crippen molar-refractivity contribution >= 4 is 5.97 Å². The second-order valence-corrected chi connectivity index (χ2v) is 5.00. The Morgan fingerprint density at radius 1 is 1.04 bits per heavy atom. The highest BCUT2D eigenvalue weighted by atomic mass is 19.4. The van der Waals surface area contributed by atoms with Gasteiger partial charge in [0.1, 0.15) is 0 Å². The van der Waals surface area contributed by atoms with Crippen molar-refractivity contribution in [2.24, 2.45) is 0 Å². The van der Waals surface area contributed by atoms with Crippen LogP contribution < -0.4 is 0 Å². The van der Waals surface area contributed by atoms with Gasteiger partial charge in [0.2, 0.25) is 5.82 Å². The van der Waals surface area contributed by atoms with E-state index >= 15 is 0 Å². The Morgan fingerprint density at radius 3 is 2.44 bits per heavy atom. The Morgan fingerprint density at radius 2 is 1.72 bits per heavy atom. The minimum Gasteiger partial charge on any atom is -0.452 e. The van der Waals surface area contributed by atoms with Gasteiger partial charge in [-0.15, -0.1) is 0 Å². The predicted molar refractivity (Wildman–Crippen MR) is 80.3 cm³/mol. The number of halogens is 3. The lowest BCUT2D eigenvalue weighted by atomic mass is 10.1. The largest absolute Gasteiger partial charge is 0.452 e. The van der Waals surface area contributed by atoms with E-state index in [1.807, 2.05) is 6.07 Å². The van der Waals surface area contributed by atoms with E-state index in [1.54, 1.807) is 24.3 Å². The summed E-state index contributed by atoms with van der Waals surface area (Å²) in [5, 5.41) is 3.74. The Bertz CT molecular complexity index is 876. The third-order valence-corrected chi connectivity index (χ3v) is 3.28. The lowest BCUT2D eigenvalue weighted by Gasteiger charge is -2.11. The number of benzene rings is 2. The molecule has 0 N–H and O–H groups in total. The van der Waals surface area contributed by atoms with Gasteiger partial charge in [0.25, 0.3) is 5.89 Å². The summed E-state index contributed by atoms with van der Waals surface area (Å²) < 4.78 is 48.5. The molecule has 0 saturated heterocycles. The molecular formula is C17H11F3N2O3. The molecule has 8 heteroatoms. The van der Waals surface area contributed by atoms with E-state index in [2.05, 4.69) is 10.1 Å². The number of carbonyl (C=O) groups is 1. The van der Waals surface area contributed by atoms with Crippen LogP contribution >= 0.6 is 0 Å². The van der Waals surface area contributed by atoms with Crippen LogP contribution in [0.4, 0.5) is 13.2 Å². The first kappa shape index (κ1) is 16.7. The molecule has 5 nitrogen and oxygen atoms in total. The minimum atomic E-state index is -4.65. The summed E-state index contributed by atoms with van der Waals surface area (Å²) in [4.78, 5) is 16.0. The van der Waals surface area contributed by atoms with Crippen molar-refractivity contribution in [1.29, 1.82) is 0 Å². The summed E-state index contributed by atoms with van der Waals surface area (Å²) in [6, 6.07) is 13.3. The smallest absolute Gasteiger partial charge is 0.417 e. The van der Waals surface area contributed by atoms with Gasteiger partial charge < -0.3 is 9.26 Å². The second kappa shape index (κ2) is 6.76. The highest BCUT2D eigenvalue weighted by Crippen LogP contribution is 2.32. The molecule has 0 atom stereocenters. The van der Waals surface area contributed by atoms with Gasteiger partial charge >= 0.3 is 12.1 Å². The summed E-state index contributed by atoms with van der Waals surface area (Å²) in [5.74, 6) is -0.841. The van der Waals surface area contributed by atoms with Gasteiger partial charge in [0.05, 0.1) is 11.1 Å². The predicted octanol–water partition coefficient (Wildman–Crippen LogP) is 4.11. The van der Waals surface area contributed by atoms with E-state index in [-0.39, 0.29) is 5.89 Å². The Kier molecular flexibility index (Phi) is 4.51. The molecular weight excluding hydrogens is 337 g/mol. The number of aromatic nitrogens is 2. The van der Waals surface area contributed by atoms with Gasteiger partial charge in [0.15, 0.2) is 6.61 Å². The molecule has 128 valence electrons. The molecule has 0 aliphatic carbocycles. The molecule has 0 aliphatic heterocycles. The Balaban J connectivity index is 1.71. The molecule has 0 amide bonds. The molecule has 2 aromatic carbocycles. The maximum absolute atomic E-state index is 12.9. The summed E-state index contributed by atoms with van der Waals surface area (Å²) in [7, 11) is 0. The zero-order chi connectivity index (χ0) is 17.9. The van der Waals surface area contributed by atoms with E-state index in [1.165, 1.54) is 12.1 Å². The quantitative estimate of drug-likeness (QED) is 0.664. The molecule has 0 aliphatic rings. The summed E-state index contributed by atoms with van der Waals surface area (Å²) in [6.45, 7) is -0.426. The van der Waals surface area contributed by atoms with E-state index in [0.717, 1.165) is 12.1 Å². The van der Waals surface area contributed by atoms with Crippen molar-refractivity contribution in [1.82, 2.24) is 10.1 Å². The molecule has 3 aromatic rings. The lowest BCUT2D eigenvalue weighted by molar-refractivity contribution is -0.138. The van der Waals surface area contributed by atoms with E-state index in [9.17, 15) is 18.0 Å². The molecule has 3 rings (SSSR count). The van der Waals surface area contributed by atoms with Crippen molar-refractivity contribution in [3.05, 3.63) is 71.6 Å². The van der Waals surface area contributed by atoms with Crippen molar-refractivity contribution < 1.29 is 27.2 Å². The fraction of sp³-hybridized carbons (Fsp3) is 0.118. The SMILES string of the molecule is O=C(OCc1nc(-c2ccccc2)no1)c1ccccc1C(F)(F)F. The van der Waals surface area contributed by atoms with Crippen LogP contribution in [0, 0.1) is 0 Å². The number of ether oxygens (including phenoxy) is 1. The van der Waals surface area contributed by atoms with Gasteiger partial charge in [0, 0.05) is 5.56 Å². The monoisotopic (exact) mass is 348 g/mol. The van der Waals surface area contributed by atoms with Gasteiger partial charge in [-0.3, -0.25) is 0 Å². The molecule has 0 radical (unpaired) electrons. The summed E-state index contributed by atoms with van der Waals surface area (Å²) in [5.41, 5.74) is -0.931. The van der Waals surface area contributed by atoms with E-state index in [0.29, 0.717) is 11.4 Å². The zero-order valence-electron chi connectivity index (χ0n) is 12.7. The van der Waals surface area contributed by atoms with Crippen molar-refractivity contribution in [2.45, 2.75) is 12.8 Å². The average Bonchev–Trinajstić information content (AvgIpc) is 3.09. The fourth-order valence-corrected chi connectivity index (χ4v) is 2.13. The molecule has 0 spiro atoms. The normalized spacial score (nSPS) is 11.3. The van der Waals surface area contributed by atoms with Crippen LogP contribution in [0.1, 0.15) is 21.8 Å². The van der Waals surface area contributed by atoms with Crippen molar-refractivity contribution in [2.75, 3.05) is 0 Å². The molecule has 0 fully saturated rings. The van der Waals surface area contributed by atoms with E-state index < -0.39 is 29.9 Å². The fourth-order valence-electron chi connectivity index (χ4n) is 2.13. The van der Waals surface area contributed by atoms with Crippen LogP contribution in [0.15, 0.2) is 59.1 Å². The second-order valence-electron chi connectivity index (χ2n) is 5.00. The van der Waals surface area contributed by atoms with Gasteiger partial charge in [-0.05, 0) is 12.1 Å². The van der Waals surface area contributed by atoms with Crippen LogP contribution in [0.25, 0.3) is 11.4 Å². The topological polar surface area (TPSA) is 65.2 Å².